The van der Waals surface area contributed by atoms with Gasteiger partial charge in [-0.1, -0.05) is 119 Å². The average molecular weight is 447 g/mol. The minimum absolute atomic E-state index is 0.200. The van der Waals surface area contributed by atoms with Gasteiger partial charge in [-0.3, -0.25) is 0 Å². The van der Waals surface area contributed by atoms with E-state index >= 15 is 0 Å². The van der Waals surface area contributed by atoms with Crippen molar-refractivity contribution in [3.05, 3.63) is 96.9 Å². The minimum atomic E-state index is -1.00. The highest BCUT2D eigenvalue weighted by atomic mass is 35.5. The molecule has 128 valence electrons. The van der Waals surface area contributed by atoms with Gasteiger partial charge in [0.2, 0.25) is 0 Å². The molecule has 3 aromatic carbocycles. The van der Waals surface area contributed by atoms with Gasteiger partial charge >= 0.3 is 0 Å². The van der Waals surface area contributed by atoms with Crippen molar-refractivity contribution in [2.75, 3.05) is 0 Å². The van der Waals surface area contributed by atoms with E-state index in [1.807, 2.05) is 36.4 Å². The van der Waals surface area contributed by atoms with E-state index in [-0.39, 0.29) is 20.6 Å². The van der Waals surface area contributed by atoms with Crippen molar-refractivity contribution in [3.63, 3.8) is 0 Å². The standard InChI is InChI=1S/C19H13Cl5Si/c20-13-14(21)16(23)19(17(24)15(13)22)25-18(11-7-3-1-4-8-11)12-9-5-2-6-10-12/h1-10,18H,25H2. The lowest BCUT2D eigenvalue weighted by atomic mass is 10.0. The predicted octanol–water partition coefficient (Wildman–Crippen LogP) is 6.54. The van der Waals surface area contributed by atoms with Crippen LogP contribution < -0.4 is 5.19 Å². The number of benzene rings is 3. The lowest BCUT2D eigenvalue weighted by Crippen LogP contribution is -2.26. The van der Waals surface area contributed by atoms with Gasteiger partial charge in [0.25, 0.3) is 0 Å². The summed E-state index contributed by atoms with van der Waals surface area (Å²) in [6.07, 6.45) is 0. The van der Waals surface area contributed by atoms with Crippen LogP contribution in [0.1, 0.15) is 16.7 Å². The zero-order valence-electron chi connectivity index (χ0n) is 12.9. The van der Waals surface area contributed by atoms with Crippen molar-refractivity contribution in [3.8, 4) is 0 Å². The molecule has 25 heavy (non-hydrogen) atoms. The molecular weight excluding hydrogens is 434 g/mol. The van der Waals surface area contributed by atoms with Gasteiger partial charge in [0.1, 0.15) is 0 Å². The van der Waals surface area contributed by atoms with E-state index in [4.69, 9.17) is 58.0 Å². The molecule has 3 aromatic rings. The molecule has 6 heteroatoms. The predicted molar refractivity (Wildman–Crippen MR) is 114 cm³/mol. The molecule has 0 nitrogen and oxygen atoms in total. The third kappa shape index (κ3) is 4.03. The summed E-state index contributed by atoms with van der Waals surface area (Å²) in [5.41, 5.74) is 2.63. The molecule has 0 aliphatic rings. The average Bonchev–Trinajstić information content (AvgIpc) is 2.66. The van der Waals surface area contributed by atoms with Crippen molar-refractivity contribution in [1.29, 1.82) is 0 Å². The van der Waals surface area contributed by atoms with E-state index in [0.29, 0.717) is 10.0 Å². The topological polar surface area (TPSA) is 0 Å². The summed E-state index contributed by atoms with van der Waals surface area (Å²) < 4.78 is 0. The molecule has 0 aliphatic carbocycles. The van der Waals surface area contributed by atoms with Gasteiger partial charge < -0.3 is 0 Å². The Hall–Kier alpha value is -0.673. The molecule has 3 rings (SSSR count). The first-order valence-corrected chi connectivity index (χ1v) is 11.0. The van der Waals surface area contributed by atoms with Gasteiger partial charge in [-0.05, 0) is 16.3 Å². The molecule has 0 spiro atoms. The summed E-state index contributed by atoms with van der Waals surface area (Å²) in [6, 6.07) is 20.6. The second-order valence-corrected chi connectivity index (χ2v) is 9.45. The number of hydrogen-bond acceptors (Lipinski definition) is 0. The summed E-state index contributed by atoms with van der Waals surface area (Å²) in [7, 11) is -1.00. The Morgan fingerprint density at radius 1 is 0.520 bits per heavy atom. The Labute approximate surface area is 174 Å². The van der Waals surface area contributed by atoms with Crippen LogP contribution in [0.3, 0.4) is 0 Å². The first-order chi connectivity index (χ1) is 12.0. The zero-order valence-corrected chi connectivity index (χ0v) is 18.1. The van der Waals surface area contributed by atoms with Crippen LogP contribution >= 0.6 is 58.0 Å². The fourth-order valence-electron chi connectivity index (χ4n) is 2.83. The Morgan fingerprint density at radius 2 is 0.880 bits per heavy atom. The summed E-state index contributed by atoms with van der Waals surface area (Å²) in [6.45, 7) is 0. The van der Waals surface area contributed by atoms with Crippen LogP contribution in [-0.4, -0.2) is 9.52 Å². The molecule has 0 aromatic heterocycles. The summed E-state index contributed by atoms with van der Waals surface area (Å²) in [5.74, 6) is 0. The highest BCUT2D eigenvalue weighted by molar-refractivity contribution is 6.68. The van der Waals surface area contributed by atoms with Gasteiger partial charge in [-0.25, -0.2) is 0 Å². The molecule has 0 saturated heterocycles. The van der Waals surface area contributed by atoms with Crippen molar-refractivity contribution in [2.24, 2.45) is 0 Å². The Bertz CT molecular complexity index is 813. The van der Waals surface area contributed by atoms with Crippen LogP contribution in [0.4, 0.5) is 0 Å². The van der Waals surface area contributed by atoms with Gasteiger partial charge in [0, 0.05) is 5.54 Å². The highest BCUT2D eigenvalue weighted by Crippen LogP contribution is 2.39. The first-order valence-electron chi connectivity index (χ1n) is 7.61. The molecule has 0 amide bonds. The van der Waals surface area contributed by atoms with E-state index in [1.165, 1.54) is 11.1 Å². The van der Waals surface area contributed by atoms with E-state index in [1.54, 1.807) is 0 Å². The van der Waals surface area contributed by atoms with Crippen LogP contribution in [0.25, 0.3) is 0 Å². The van der Waals surface area contributed by atoms with Crippen LogP contribution in [0.5, 0.6) is 0 Å². The van der Waals surface area contributed by atoms with Gasteiger partial charge in [0.15, 0.2) is 0 Å². The number of hydrogen-bond donors (Lipinski definition) is 0. The molecule has 0 atom stereocenters. The van der Waals surface area contributed by atoms with E-state index < -0.39 is 9.52 Å². The molecular formula is C19H13Cl5Si. The Kier molecular flexibility index (Phi) is 6.38. The quantitative estimate of drug-likeness (QED) is 0.243. The lowest BCUT2D eigenvalue weighted by Gasteiger charge is -2.20. The molecule has 0 aliphatic heterocycles. The van der Waals surface area contributed by atoms with Gasteiger partial charge in [-0.15, -0.1) is 0 Å². The van der Waals surface area contributed by atoms with Crippen LogP contribution in [0.2, 0.25) is 25.1 Å². The normalized spacial score (nSPS) is 11.6. The molecule has 0 fully saturated rings. The van der Waals surface area contributed by atoms with Crippen LogP contribution in [-0.2, 0) is 0 Å². The fraction of sp³-hybridized carbons (Fsp3) is 0.0526. The second-order valence-electron chi connectivity index (χ2n) is 5.63. The first kappa shape index (κ1) is 19.1. The fourth-order valence-corrected chi connectivity index (χ4v) is 6.83. The maximum Gasteiger partial charge on any atom is 0.0808 e. The Balaban J connectivity index is 2.12. The van der Waals surface area contributed by atoms with E-state index in [0.717, 1.165) is 5.19 Å². The highest BCUT2D eigenvalue weighted by Gasteiger charge is 2.24. The van der Waals surface area contributed by atoms with E-state index in [2.05, 4.69) is 24.3 Å². The monoisotopic (exact) mass is 444 g/mol. The maximum absolute atomic E-state index is 6.47. The van der Waals surface area contributed by atoms with Crippen LogP contribution in [0.15, 0.2) is 60.7 Å². The van der Waals surface area contributed by atoms with Gasteiger partial charge in [0.05, 0.1) is 34.6 Å². The summed E-state index contributed by atoms with van der Waals surface area (Å²) in [4.78, 5) is 0. The largest absolute Gasteiger partial charge is 0.0828 e. The molecule has 0 radical (unpaired) electrons. The van der Waals surface area contributed by atoms with Crippen molar-refractivity contribution in [1.82, 2.24) is 0 Å². The molecule has 0 unspecified atom stereocenters. The lowest BCUT2D eigenvalue weighted by molar-refractivity contribution is 1.13. The number of rotatable bonds is 4. The number of halogens is 5. The zero-order chi connectivity index (χ0) is 18.0. The Morgan fingerprint density at radius 3 is 1.28 bits per heavy atom. The van der Waals surface area contributed by atoms with Crippen LogP contribution in [0, 0.1) is 0 Å². The maximum atomic E-state index is 6.47. The molecule has 0 saturated carbocycles. The SMILES string of the molecule is Clc1c(Cl)c(Cl)c([SiH2]C(c2ccccc2)c2ccccc2)c(Cl)c1Cl. The third-order valence-electron chi connectivity index (χ3n) is 4.11. The summed E-state index contributed by atoms with van der Waals surface area (Å²) >= 11 is 31.6. The summed E-state index contributed by atoms with van der Waals surface area (Å²) in [5, 5.41) is 2.38. The van der Waals surface area contributed by atoms with Crippen molar-refractivity contribution >= 4 is 72.7 Å². The third-order valence-corrected chi connectivity index (χ3v) is 9.38. The molecule has 0 bridgehead atoms. The van der Waals surface area contributed by atoms with Gasteiger partial charge in [-0.2, -0.15) is 0 Å². The minimum Gasteiger partial charge on any atom is -0.0828 e. The van der Waals surface area contributed by atoms with E-state index in [9.17, 15) is 0 Å². The smallest absolute Gasteiger partial charge is 0.0808 e. The molecule has 0 N–H and O–H groups in total. The second kappa shape index (κ2) is 8.35. The molecule has 0 heterocycles. The van der Waals surface area contributed by atoms with Crippen molar-refractivity contribution in [2.45, 2.75) is 5.54 Å². The van der Waals surface area contributed by atoms with Crippen molar-refractivity contribution < 1.29 is 0 Å².